The van der Waals surface area contributed by atoms with E-state index in [0.29, 0.717) is 15.6 Å². The van der Waals surface area contributed by atoms with E-state index in [2.05, 4.69) is 31.8 Å². The van der Waals surface area contributed by atoms with E-state index in [1.165, 1.54) is 12.3 Å². The molecule has 24 heavy (non-hydrogen) atoms. The van der Waals surface area contributed by atoms with E-state index in [0.717, 1.165) is 0 Å². The second-order valence-electron chi connectivity index (χ2n) is 4.87. The highest BCUT2D eigenvalue weighted by Gasteiger charge is 2.09. The minimum absolute atomic E-state index is 0.105. The van der Waals surface area contributed by atoms with Crippen molar-refractivity contribution < 1.29 is 14.7 Å². The highest BCUT2D eigenvalue weighted by atomic mass is 79.9. The molecular formula is C17H16BrN3O3. The minimum atomic E-state index is -0.321. The molecule has 2 rings (SSSR count). The fraction of sp³-hybridized carbons (Fsp3) is 0.118. The monoisotopic (exact) mass is 389 g/mol. The molecule has 6 nitrogen and oxygen atoms in total. The largest absolute Gasteiger partial charge is 0.508 e. The van der Waals surface area contributed by atoms with E-state index in [1.54, 1.807) is 36.4 Å². The Hall–Kier alpha value is -2.67. The number of halogens is 1. The molecule has 3 N–H and O–H groups in total. The molecule has 0 bridgehead atoms. The molecule has 0 aromatic heterocycles. The van der Waals surface area contributed by atoms with Gasteiger partial charge in [0.25, 0.3) is 5.91 Å². The molecule has 0 saturated heterocycles. The number of phenolic OH excluding ortho intramolecular Hbond substituents is 1. The van der Waals surface area contributed by atoms with Crippen molar-refractivity contribution in [3.63, 3.8) is 0 Å². The molecule has 0 saturated carbocycles. The van der Waals surface area contributed by atoms with Crippen LogP contribution in [0.4, 0.5) is 0 Å². The number of phenols is 1. The summed E-state index contributed by atoms with van der Waals surface area (Å²) < 4.78 is 0.697. The van der Waals surface area contributed by atoms with Crippen molar-refractivity contribution in [3.05, 3.63) is 64.1 Å². The van der Waals surface area contributed by atoms with Gasteiger partial charge in [-0.1, -0.05) is 24.3 Å². The number of aromatic hydroxyl groups is 1. The number of rotatable bonds is 6. The summed E-state index contributed by atoms with van der Waals surface area (Å²) in [4.78, 5) is 23.6. The lowest BCUT2D eigenvalue weighted by atomic mass is 10.2. The van der Waals surface area contributed by atoms with Crippen molar-refractivity contribution in [1.82, 2.24) is 10.7 Å². The smallest absolute Gasteiger partial charge is 0.252 e. The van der Waals surface area contributed by atoms with E-state index < -0.39 is 0 Å². The van der Waals surface area contributed by atoms with Gasteiger partial charge in [-0.2, -0.15) is 5.10 Å². The fourth-order valence-electron chi connectivity index (χ4n) is 1.87. The first kappa shape index (κ1) is 17.7. The summed E-state index contributed by atoms with van der Waals surface area (Å²) in [5.41, 5.74) is 3.54. The number of amides is 2. The molecule has 0 heterocycles. The molecule has 0 aliphatic rings. The Morgan fingerprint density at radius 1 is 1.17 bits per heavy atom. The molecule has 0 atom stereocenters. The van der Waals surface area contributed by atoms with E-state index in [1.807, 2.05) is 6.07 Å². The SMILES string of the molecule is O=C(CCNC(=O)c1ccccc1Br)NN=Cc1cccc(O)c1. The zero-order valence-corrected chi connectivity index (χ0v) is 14.3. The van der Waals surface area contributed by atoms with Gasteiger partial charge in [0.05, 0.1) is 11.8 Å². The minimum Gasteiger partial charge on any atom is -0.508 e. The summed E-state index contributed by atoms with van der Waals surface area (Å²) in [5, 5.41) is 15.8. The van der Waals surface area contributed by atoms with Crippen molar-refractivity contribution in [2.75, 3.05) is 6.54 Å². The van der Waals surface area contributed by atoms with Gasteiger partial charge in [0, 0.05) is 17.4 Å². The summed E-state index contributed by atoms with van der Waals surface area (Å²) >= 11 is 3.30. The maximum absolute atomic E-state index is 12.0. The number of nitrogens with zero attached hydrogens (tertiary/aromatic N) is 1. The first-order valence-corrected chi connectivity index (χ1v) is 7.99. The number of hydrogen-bond donors (Lipinski definition) is 3. The molecule has 0 aliphatic heterocycles. The third-order valence-corrected chi connectivity index (χ3v) is 3.72. The lowest BCUT2D eigenvalue weighted by molar-refractivity contribution is -0.120. The molecule has 0 aliphatic carbocycles. The second kappa shape index (κ2) is 8.83. The van der Waals surface area contributed by atoms with Crippen LogP contribution in [0.15, 0.2) is 58.1 Å². The Kier molecular flexibility index (Phi) is 6.51. The molecule has 0 fully saturated rings. The molecule has 124 valence electrons. The average Bonchev–Trinajstić information content (AvgIpc) is 2.55. The van der Waals surface area contributed by atoms with Gasteiger partial charge in [0.2, 0.25) is 5.91 Å². The molecule has 0 unspecified atom stereocenters. The quantitative estimate of drug-likeness (QED) is 0.523. The van der Waals surface area contributed by atoms with Gasteiger partial charge >= 0.3 is 0 Å². The van der Waals surface area contributed by atoms with Gasteiger partial charge in [0.1, 0.15) is 5.75 Å². The summed E-state index contributed by atoms with van der Waals surface area (Å²) in [6, 6.07) is 13.5. The Labute approximate surface area is 147 Å². The topological polar surface area (TPSA) is 90.8 Å². The fourth-order valence-corrected chi connectivity index (χ4v) is 2.33. The molecule has 2 amide bonds. The standard InChI is InChI=1S/C17H16BrN3O3/c18-15-7-2-1-6-14(15)17(24)19-9-8-16(23)21-20-11-12-4-3-5-13(22)10-12/h1-7,10-11,22H,8-9H2,(H,19,24)(H,21,23). The lowest BCUT2D eigenvalue weighted by Crippen LogP contribution is -2.29. The third-order valence-electron chi connectivity index (χ3n) is 3.03. The van der Waals surface area contributed by atoms with Crippen LogP contribution in [0.3, 0.4) is 0 Å². The average molecular weight is 390 g/mol. The summed E-state index contributed by atoms with van der Waals surface area (Å²) in [7, 11) is 0. The van der Waals surface area contributed by atoms with Crippen molar-refractivity contribution in [3.8, 4) is 5.75 Å². The Morgan fingerprint density at radius 3 is 2.71 bits per heavy atom. The van der Waals surface area contributed by atoms with E-state index in [-0.39, 0.29) is 30.5 Å². The number of carbonyl (C=O) groups is 2. The zero-order chi connectivity index (χ0) is 17.4. The van der Waals surface area contributed by atoms with Crippen LogP contribution >= 0.6 is 15.9 Å². The Balaban J connectivity index is 1.73. The van der Waals surface area contributed by atoms with Crippen LogP contribution in [0.1, 0.15) is 22.3 Å². The van der Waals surface area contributed by atoms with E-state index >= 15 is 0 Å². The predicted octanol–water partition coefficient (Wildman–Crippen LogP) is 2.42. The van der Waals surface area contributed by atoms with Gasteiger partial charge in [-0.05, 0) is 45.8 Å². The predicted molar refractivity (Wildman–Crippen MR) is 94.9 cm³/mol. The number of carbonyl (C=O) groups excluding carboxylic acids is 2. The van der Waals surface area contributed by atoms with Crippen molar-refractivity contribution >= 4 is 34.0 Å². The molecule has 2 aromatic rings. The molecule has 0 spiro atoms. The summed E-state index contributed by atoms with van der Waals surface area (Å²) in [6.45, 7) is 0.202. The maximum atomic E-state index is 12.0. The van der Waals surface area contributed by atoms with Crippen LogP contribution in [-0.4, -0.2) is 29.7 Å². The summed E-state index contributed by atoms with van der Waals surface area (Å²) in [5.74, 6) is -0.447. The van der Waals surface area contributed by atoms with E-state index in [4.69, 9.17) is 0 Å². The Morgan fingerprint density at radius 2 is 1.96 bits per heavy atom. The van der Waals surface area contributed by atoms with E-state index in [9.17, 15) is 14.7 Å². The first-order valence-electron chi connectivity index (χ1n) is 7.20. The first-order chi connectivity index (χ1) is 11.6. The lowest BCUT2D eigenvalue weighted by Gasteiger charge is -2.06. The molecule has 0 radical (unpaired) electrons. The van der Waals surface area contributed by atoms with Crippen LogP contribution in [0.5, 0.6) is 5.75 Å². The molecule has 2 aromatic carbocycles. The van der Waals surface area contributed by atoms with Crippen LogP contribution in [0, 0.1) is 0 Å². The number of nitrogens with one attached hydrogen (secondary N) is 2. The van der Waals surface area contributed by atoms with Gasteiger partial charge in [-0.15, -0.1) is 0 Å². The van der Waals surface area contributed by atoms with Gasteiger partial charge in [0.15, 0.2) is 0 Å². The maximum Gasteiger partial charge on any atom is 0.252 e. The molecular weight excluding hydrogens is 374 g/mol. The number of hydrogen-bond acceptors (Lipinski definition) is 4. The third kappa shape index (κ3) is 5.51. The van der Waals surface area contributed by atoms with Crippen molar-refractivity contribution in [2.24, 2.45) is 5.10 Å². The normalized spacial score (nSPS) is 10.5. The highest BCUT2D eigenvalue weighted by molar-refractivity contribution is 9.10. The van der Waals surface area contributed by atoms with Crippen LogP contribution in [0.2, 0.25) is 0 Å². The van der Waals surface area contributed by atoms with Crippen LogP contribution in [0.25, 0.3) is 0 Å². The van der Waals surface area contributed by atoms with Crippen molar-refractivity contribution in [2.45, 2.75) is 6.42 Å². The van der Waals surface area contributed by atoms with Gasteiger partial charge in [-0.25, -0.2) is 5.43 Å². The van der Waals surface area contributed by atoms with Gasteiger partial charge < -0.3 is 10.4 Å². The Bertz CT molecular complexity index is 762. The number of benzene rings is 2. The van der Waals surface area contributed by atoms with Gasteiger partial charge in [-0.3, -0.25) is 9.59 Å². The number of hydrazone groups is 1. The summed E-state index contributed by atoms with van der Waals surface area (Å²) in [6.07, 6.45) is 1.53. The van der Waals surface area contributed by atoms with Crippen molar-refractivity contribution in [1.29, 1.82) is 0 Å². The van der Waals surface area contributed by atoms with Crippen LogP contribution in [-0.2, 0) is 4.79 Å². The second-order valence-corrected chi connectivity index (χ2v) is 5.73. The zero-order valence-electron chi connectivity index (χ0n) is 12.7. The highest BCUT2D eigenvalue weighted by Crippen LogP contribution is 2.15. The van der Waals surface area contributed by atoms with Crippen LogP contribution < -0.4 is 10.7 Å². The molecule has 7 heteroatoms.